The van der Waals surface area contributed by atoms with Crippen LogP contribution in [0.2, 0.25) is 0 Å². The minimum absolute atomic E-state index is 0.000278. The summed E-state index contributed by atoms with van der Waals surface area (Å²) in [5, 5.41) is 17.2. The van der Waals surface area contributed by atoms with Crippen LogP contribution in [0.1, 0.15) is 26.3 Å². The first-order chi connectivity index (χ1) is 8.53. The molecule has 0 fully saturated rings. The first kappa shape index (κ1) is 16.4. The Kier molecular flexibility index (Phi) is 8.66. The predicted molar refractivity (Wildman–Crippen MR) is 72.9 cm³/mol. The van der Waals surface area contributed by atoms with E-state index < -0.39 is 5.97 Å². The molecule has 0 spiro atoms. The van der Waals surface area contributed by atoms with Crippen molar-refractivity contribution in [3.8, 4) is 5.75 Å². The minimum atomic E-state index is -0.865. The molecule has 0 aliphatic carbocycles. The van der Waals surface area contributed by atoms with E-state index in [1.165, 1.54) is 31.8 Å². The smallest absolute Gasteiger partial charge is 0.307 e. The van der Waals surface area contributed by atoms with Gasteiger partial charge in [-0.25, -0.2) is 0 Å². The minimum Gasteiger partial charge on any atom is -0.508 e. The molecule has 0 aromatic heterocycles. The number of hydrogen-bond acceptors (Lipinski definition) is 3. The second kappa shape index (κ2) is 9.48. The lowest BCUT2D eigenvalue weighted by Gasteiger charge is -2.13. The Morgan fingerprint density at radius 3 is 1.78 bits per heavy atom. The Labute approximate surface area is 109 Å². The van der Waals surface area contributed by atoms with Crippen molar-refractivity contribution >= 4 is 5.97 Å². The molecule has 1 aromatic rings. The summed E-state index contributed by atoms with van der Waals surface area (Å²) in [5.41, 5.74) is 0.690. The maximum atomic E-state index is 10.2. The average molecular weight is 253 g/mol. The van der Waals surface area contributed by atoms with Gasteiger partial charge in [0.2, 0.25) is 0 Å². The van der Waals surface area contributed by atoms with Crippen LogP contribution in [0.4, 0.5) is 0 Å². The van der Waals surface area contributed by atoms with Crippen molar-refractivity contribution in [1.82, 2.24) is 4.90 Å². The van der Waals surface area contributed by atoms with Gasteiger partial charge in [-0.2, -0.15) is 0 Å². The van der Waals surface area contributed by atoms with Crippen molar-refractivity contribution in [2.45, 2.75) is 27.2 Å². The number of phenolic OH excluding ortho intramolecular Hbond substituents is 1. The van der Waals surface area contributed by atoms with Gasteiger partial charge < -0.3 is 15.1 Å². The first-order valence-corrected chi connectivity index (χ1v) is 6.25. The lowest BCUT2D eigenvalue weighted by molar-refractivity contribution is -0.136. The monoisotopic (exact) mass is 253 g/mol. The van der Waals surface area contributed by atoms with Crippen LogP contribution in [-0.4, -0.2) is 40.7 Å². The van der Waals surface area contributed by atoms with Gasteiger partial charge in [0, 0.05) is 0 Å². The van der Waals surface area contributed by atoms with Gasteiger partial charge in [0.15, 0.2) is 0 Å². The maximum absolute atomic E-state index is 10.2. The molecular weight excluding hydrogens is 230 g/mol. The van der Waals surface area contributed by atoms with Crippen LogP contribution >= 0.6 is 0 Å². The van der Waals surface area contributed by atoms with Crippen LogP contribution in [-0.2, 0) is 11.2 Å². The normalized spacial score (nSPS) is 9.78. The summed E-state index contributed by atoms with van der Waals surface area (Å²) in [4.78, 5) is 12.6. The predicted octanol–water partition coefficient (Wildman–Crippen LogP) is 2.37. The fourth-order valence-corrected chi connectivity index (χ4v) is 1.46. The second-order valence-electron chi connectivity index (χ2n) is 3.86. The number of carboxylic acids is 1. The highest BCUT2D eigenvalue weighted by Gasteiger charge is 1.98. The van der Waals surface area contributed by atoms with Crippen LogP contribution in [0.25, 0.3) is 0 Å². The third-order valence-corrected chi connectivity index (χ3v) is 2.63. The molecule has 0 amide bonds. The molecule has 4 nitrogen and oxygen atoms in total. The van der Waals surface area contributed by atoms with Crippen LogP contribution < -0.4 is 0 Å². The zero-order valence-electron chi connectivity index (χ0n) is 11.4. The zero-order chi connectivity index (χ0) is 14.0. The summed E-state index contributed by atoms with van der Waals surface area (Å²) in [5.74, 6) is -0.713. The van der Waals surface area contributed by atoms with Crippen LogP contribution in [0, 0.1) is 0 Å². The number of hydrogen-bond donors (Lipinski definition) is 2. The van der Waals surface area contributed by atoms with E-state index in [0.29, 0.717) is 5.56 Å². The number of rotatable bonds is 5. The lowest BCUT2D eigenvalue weighted by atomic mass is 10.1. The van der Waals surface area contributed by atoms with Gasteiger partial charge in [-0.1, -0.05) is 32.9 Å². The Bertz CT molecular complexity index is 326. The summed E-state index contributed by atoms with van der Waals surface area (Å²) >= 11 is 0. The van der Waals surface area contributed by atoms with Gasteiger partial charge >= 0.3 is 5.97 Å². The van der Waals surface area contributed by atoms with E-state index in [9.17, 15) is 4.79 Å². The van der Waals surface area contributed by atoms with Gasteiger partial charge in [0.1, 0.15) is 5.75 Å². The molecule has 0 radical (unpaired) electrons. The second-order valence-corrected chi connectivity index (χ2v) is 3.86. The third-order valence-electron chi connectivity index (χ3n) is 2.63. The van der Waals surface area contributed by atoms with Gasteiger partial charge in [-0.3, -0.25) is 4.79 Å². The Hall–Kier alpha value is -1.55. The molecule has 0 saturated carbocycles. The fourth-order valence-electron chi connectivity index (χ4n) is 1.46. The Balaban J connectivity index is 0.000000360. The molecule has 0 bridgehead atoms. The number of nitrogens with zero attached hydrogens (tertiary/aromatic N) is 1. The van der Waals surface area contributed by atoms with E-state index >= 15 is 0 Å². The molecule has 0 unspecified atom stereocenters. The van der Waals surface area contributed by atoms with Crippen LogP contribution in [0.15, 0.2) is 24.3 Å². The van der Waals surface area contributed by atoms with Crippen molar-refractivity contribution in [1.29, 1.82) is 0 Å². The number of benzene rings is 1. The molecule has 2 N–H and O–H groups in total. The number of aromatic hydroxyl groups is 1. The number of phenols is 1. The van der Waals surface area contributed by atoms with Crippen LogP contribution in [0.5, 0.6) is 5.75 Å². The standard InChI is InChI=1S/C8H8O3.C6H15N/c9-7-3-1-6(2-4-7)5-8(10)11;1-4-7(5-2)6-3/h1-4,9H,5H2,(H,10,11);4-6H2,1-3H3. The molecule has 18 heavy (non-hydrogen) atoms. The van der Waals surface area contributed by atoms with Crippen LogP contribution in [0.3, 0.4) is 0 Å². The summed E-state index contributed by atoms with van der Waals surface area (Å²) in [7, 11) is 0. The molecule has 0 aliphatic heterocycles. The van der Waals surface area contributed by atoms with E-state index in [4.69, 9.17) is 10.2 Å². The largest absolute Gasteiger partial charge is 0.508 e. The topological polar surface area (TPSA) is 60.8 Å². The van der Waals surface area contributed by atoms with E-state index in [1.54, 1.807) is 12.1 Å². The van der Waals surface area contributed by atoms with Crippen molar-refractivity contribution in [3.05, 3.63) is 29.8 Å². The molecular formula is C14H23NO3. The number of carbonyl (C=O) groups is 1. The van der Waals surface area contributed by atoms with Crippen molar-refractivity contribution in [3.63, 3.8) is 0 Å². The molecule has 102 valence electrons. The SMILES string of the molecule is CCN(CC)CC.O=C(O)Cc1ccc(O)cc1. The molecule has 0 saturated heterocycles. The highest BCUT2D eigenvalue weighted by molar-refractivity contribution is 5.70. The van der Waals surface area contributed by atoms with Gasteiger partial charge in [0.05, 0.1) is 6.42 Å². The molecule has 1 rings (SSSR count). The van der Waals surface area contributed by atoms with Gasteiger partial charge in [0.25, 0.3) is 0 Å². The fraction of sp³-hybridized carbons (Fsp3) is 0.500. The number of carboxylic acid groups (broad SMARTS) is 1. The van der Waals surface area contributed by atoms with E-state index in [-0.39, 0.29) is 12.2 Å². The summed E-state index contributed by atoms with van der Waals surface area (Å²) in [6, 6.07) is 6.11. The van der Waals surface area contributed by atoms with Crippen molar-refractivity contribution in [2.24, 2.45) is 0 Å². The van der Waals surface area contributed by atoms with E-state index in [1.807, 2.05) is 0 Å². The molecule has 1 aromatic carbocycles. The Morgan fingerprint density at radius 1 is 1.06 bits per heavy atom. The molecule has 4 heteroatoms. The summed E-state index contributed by atoms with van der Waals surface area (Å²) < 4.78 is 0. The quantitative estimate of drug-likeness (QED) is 0.845. The maximum Gasteiger partial charge on any atom is 0.307 e. The Morgan fingerprint density at radius 2 is 1.50 bits per heavy atom. The molecule has 0 atom stereocenters. The van der Waals surface area contributed by atoms with Gasteiger partial charge in [-0.15, -0.1) is 0 Å². The lowest BCUT2D eigenvalue weighted by Crippen LogP contribution is -2.21. The summed E-state index contributed by atoms with van der Waals surface area (Å²) in [6.07, 6.45) is 0.000278. The zero-order valence-corrected chi connectivity index (χ0v) is 11.4. The highest BCUT2D eigenvalue weighted by atomic mass is 16.4. The average Bonchev–Trinajstić information content (AvgIpc) is 2.35. The summed E-state index contributed by atoms with van der Waals surface area (Å²) in [6.45, 7) is 10.1. The van der Waals surface area contributed by atoms with Gasteiger partial charge in [-0.05, 0) is 37.3 Å². The third kappa shape index (κ3) is 7.68. The van der Waals surface area contributed by atoms with E-state index in [2.05, 4.69) is 25.7 Å². The molecule has 0 aliphatic rings. The first-order valence-electron chi connectivity index (χ1n) is 6.25. The van der Waals surface area contributed by atoms with E-state index in [0.717, 1.165) is 0 Å². The highest BCUT2D eigenvalue weighted by Crippen LogP contribution is 2.09. The molecule has 0 heterocycles. The number of aliphatic carboxylic acids is 1. The van der Waals surface area contributed by atoms with Crippen molar-refractivity contribution < 1.29 is 15.0 Å². The van der Waals surface area contributed by atoms with Crippen molar-refractivity contribution in [2.75, 3.05) is 19.6 Å².